The molecule has 3 N–H and O–H groups in total. The van der Waals surface area contributed by atoms with E-state index >= 15 is 0 Å². The molecular weight excluding hydrogens is 260 g/mol. The van der Waals surface area contributed by atoms with Gasteiger partial charge in [-0.3, -0.25) is 4.79 Å². The van der Waals surface area contributed by atoms with Gasteiger partial charge in [0.05, 0.1) is 11.2 Å². The summed E-state index contributed by atoms with van der Waals surface area (Å²) in [5, 5.41) is 13.7. The van der Waals surface area contributed by atoms with Crippen molar-refractivity contribution >= 4 is 21.8 Å². The Morgan fingerprint density at radius 2 is 1.89 bits per heavy atom. The van der Waals surface area contributed by atoms with E-state index in [4.69, 9.17) is 5.11 Å². The Hall–Kier alpha value is -1.31. The Morgan fingerprint density at radius 3 is 2.33 bits per heavy atom. The summed E-state index contributed by atoms with van der Waals surface area (Å²) in [5.74, 6) is -0.976. The summed E-state index contributed by atoms with van der Waals surface area (Å²) in [5.41, 5.74) is -0.813. The van der Waals surface area contributed by atoms with E-state index in [9.17, 15) is 18.0 Å². The third-order valence-electron chi connectivity index (χ3n) is 3.03. The number of carboxylic acids is 1. The van der Waals surface area contributed by atoms with Gasteiger partial charge in [0.15, 0.2) is 9.84 Å². The van der Waals surface area contributed by atoms with Crippen LogP contribution >= 0.6 is 0 Å². The molecular formula is C10H18N2O5S. The van der Waals surface area contributed by atoms with Crippen LogP contribution in [0.5, 0.6) is 0 Å². The van der Waals surface area contributed by atoms with Crippen molar-refractivity contribution in [3.63, 3.8) is 0 Å². The number of carboxylic acid groups (broad SMARTS) is 1. The Morgan fingerprint density at radius 1 is 1.28 bits per heavy atom. The lowest BCUT2D eigenvalue weighted by molar-refractivity contribution is -0.143. The molecule has 8 heteroatoms. The largest absolute Gasteiger partial charge is 0.481 e. The molecule has 104 valence electrons. The van der Waals surface area contributed by atoms with Crippen molar-refractivity contribution in [1.82, 2.24) is 10.6 Å². The number of hydrogen-bond donors (Lipinski definition) is 3. The van der Waals surface area contributed by atoms with Crippen molar-refractivity contribution in [2.45, 2.75) is 19.8 Å². The highest BCUT2D eigenvalue weighted by molar-refractivity contribution is 7.91. The molecule has 0 unspecified atom stereocenters. The molecule has 1 aliphatic carbocycles. The van der Waals surface area contributed by atoms with Crippen LogP contribution in [-0.2, 0) is 14.6 Å². The highest BCUT2D eigenvalue weighted by atomic mass is 32.2. The molecule has 1 rings (SSSR count). The lowest BCUT2D eigenvalue weighted by Gasteiger charge is -2.11. The Kier molecular flexibility index (Phi) is 4.55. The first-order valence-electron chi connectivity index (χ1n) is 5.77. The van der Waals surface area contributed by atoms with E-state index in [1.807, 2.05) is 0 Å². The van der Waals surface area contributed by atoms with E-state index < -0.39 is 27.3 Å². The summed E-state index contributed by atoms with van der Waals surface area (Å²) in [7, 11) is -3.10. The van der Waals surface area contributed by atoms with Crippen LogP contribution in [0.15, 0.2) is 0 Å². The molecule has 2 amide bonds. The molecule has 0 aliphatic heterocycles. The first kappa shape index (κ1) is 14.7. The van der Waals surface area contributed by atoms with Crippen molar-refractivity contribution in [3.05, 3.63) is 0 Å². The number of urea groups is 1. The second kappa shape index (κ2) is 5.55. The Labute approximate surface area is 106 Å². The van der Waals surface area contributed by atoms with Crippen LogP contribution in [-0.4, -0.2) is 50.1 Å². The van der Waals surface area contributed by atoms with E-state index in [-0.39, 0.29) is 24.6 Å². The van der Waals surface area contributed by atoms with Crippen molar-refractivity contribution in [2.75, 3.05) is 24.6 Å². The zero-order valence-electron chi connectivity index (χ0n) is 10.2. The molecule has 0 aromatic carbocycles. The number of carbonyl (C=O) groups is 2. The number of carbonyl (C=O) groups excluding carboxylic acids is 1. The van der Waals surface area contributed by atoms with Gasteiger partial charge in [-0.1, -0.05) is 6.92 Å². The van der Waals surface area contributed by atoms with E-state index in [2.05, 4.69) is 10.6 Å². The van der Waals surface area contributed by atoms with Gasteiger partial charge in [0.25, 0.3) is 0 Å². The molecule has 0 aromatic rings. The minimum atomic E-state index is -3.10. The fourth-order valence-electron chi connectivity index (χ4n) is 1.39. The van der Waals surface area contributed by atoms with E-state index in [1.165, 1.54) is 0 Å². The second-order valence-electron chi connectivity index (χ2n) is 4.43. The minimum absolute atomic E-state index is 0.0298. The SMILES string of the molecule is CCS(=O)(=O)CCNC(=O)NCC1(C(=O)O)CC1. The summed E-state index contributed by atoms with van der Waals surface area (Å²) in [6.07, 6.45) is 1.12. The molecule has 0 spiro atoms. The lowest BCUT2D eigenvalue weighted by Crippen LogP contribution is -2.42. The molecule has 18 heavy (non-hydrogen) atoms. The van der Waals surface area contributed by atoms with E-state index in [0.717, 1.165) is 0 Å². The average Bonchev–Trinajstić information content (AvgIpc) is 3.07. The zero-order chi connectivity index (χ0) is 13.8. The molecule has 0 radical (unpaired) electrons. The summed E-state index contributed by atoms with van der Waals surface area (Å²) in [6.45, 7) is 1.65. The van der Waals surface area contributed by atoms with Crippen molar-refractivity contribution in [2.24, 2.45) is 5.41 Å². The fraction of sp³-hybridized carbons (Fsp3) is 0.800. The van der Waals surface area contributed by atoms with Crippen LogP contribution in [0.2, 0.25) is 0 Å². The van der Waals surface area contributed by atoms with Gasteiger partial charge in [-0.25, -0.2) is 13.2 Å². The van der Waals surface area contributed by atoms with Gasteiger partial charge in [0.1, 0.15) is 0 Å². The third-order valence-corrected chi connectivity index (χ3v) is 4.74. The number of amides is 2. The maximum absolute atomic E-state index is 11.3. The predicted octanol–water partition coefficient (Wildman–Crippen LogP) is -0.415. The van der Waals surface area contributed by atoms with Crippen LogP contribution < -0.4 is 10.6 Å². The Bertz CT molecular complexity index is 428. The third kappa shape index (κ3) is 4.17. The lowest BCUT2D eigenvalue weighted by atomic mass is 10.1. The smallest absolute Gasteiger partial charge is 0.314 e. The minimum Gasteiger partial charge on any atom is -0.481 e. The Balaban J connectivity index is 2.21. The molecule has 0 saturated heterocycles. The number of aliphatic carboxylic acids is 1. The number of nitrogens with one attached hydrogen (secondary N) is 2. The maximum Gasteiger partial charge on any atom is 0.314 e. The molecule has 1 fully saturated rings. The average molecular weight is 278 g/mol. The van der Waals surface area contributed by atoms with Crippen molar-refractivity contribution in [1.29, 1.82) is 0 Å². The number of sulfone groups is 1. The van der Waals surface area contributed by atoms with Gasteiger partial charge < -0.3 is 15.7 Å². The van der Waals surface area contributed by atoms with Crippen molar-refractivity contribution in [3.8, 4) is 0 Å². The van der Waals surface area contributed by atoms with Crippen LogP contribution in [0.4, 0.5) is 4.79 Å². The molecule has 7 nitrogen and oxygen atoms in total. The van der Waals surface area contributed by atoms with Gasteiger partial charge in [-0.05, 0) is 12.8 Å². The molecule has 0 aromatic heterocycles. The summed E-state index contributed by atoms with van der Waals surface area (Å²) in [4.78, 5) is 22.1. The van der Waals surface area contributed by atoms with E-state index in [0.29, 0.717) is 12.8 Å². The molecule has 0 bridgehead atoms. The predicted molar refractivity (Wildman–Crippen MR) is 65.0 cm³/mol. The highest BCUT2D eigenvalue weighted by Gasteiger charge is 2.50. The fourth-order valence-corrected chi connectivity index (χ4v) is 2.10. The van der Waals surface area contributed by atoms with Crippen molar-refractivity contribution < 1.29 is 23.1 Å². The molecule has 1 aliphatic rings. The summed E-state index contributed by atoms with van der Waals surface area (Å²) in [6, 6.07) is -0.533. The monoisotopic (exact) mass is 278 g/mol. The van der Waals surface area contributed by atoms with Gasteiger partial charge in [-0.2, -0.15) is 0 Å². The normalized spacial score (nSPS) is 16.9. The summed E-state index contributed by atoms with van der Waals surface area (Å²) >= 11 is 0. The first-order valence-corrected chi connectivity index (χ1v) is 7.59. The van der Waals surface area contributed by atoms with Crippen LogP contribution in [0.3, 0.4) is 0 Å². The molecule has 0 heterocycles. The van der Waals surface area contributed by atoms with Gasteiger partial charge in [-0.15, -0.1) is 0 Å². The summed E-state index contributed by atoms with van der Waals surface area (Å²) < 4.78 is 22.3. The quantitative estimate of drug-likeness (QED) is 0.585. The van der Waals surface area contributed by atoms with Crippen LogP contribution in [0.1, 0.15) is 19.8 Å². The number of hydrogen-bond acceptors (Lipinski definition) is 4. The highest BCUT2D eigenvalue weighted by Crippen LogP contribution is 2.45. The maximum atomic E-state index is 11.3. The topological polar surface area (TPSA) is 113 Å². The molecule has 0 atom stereocenters. The zero-order valence-corrected chi connectivity index (χ0v) is 11.0. The standard InChI is InChI=1S/C10H18N2O5S/c1-2-18(16,17)6-5-11-9(15)12-7-10(3-4-10)8(13)14/h2-7H2,1H3,(H,13,14)(H2,11,12,15). The van der Waals surface area contributed by atoms with Crippen LogP contribution in [0, 0.1) is 5.41 Å². The second-order valence-corrected chi connectivity index (χ2v) is 6.90. The molecule has 1 saturated carbocycles. The number of rotatable bonds is 7. The van der Waals surface area contributed by atoms with Gasteiger partial charge in [0, 0.05) is 18.8 Å². The van der Waals surface area contributed by atoms with Gasteiger partial charge >= 0.3 is 12.0 Å². The first-order chi connectivity index (χ1) is 8.31. The van der Waals surface area contributed by atoms with E-state index in [1.54, 1.807) is 6.92 Å². The van der Waals surface area contributed by atoms with Gasteiger partial charge in [0.2, 0.25) is 0 Å². The van der Waals surface area contributed by atoms with Crippen LogP contribution in [0.25, 0.3) is 0 Å².